The highest BCUT2D eigenvalue weighted by atomic mass is 32.2. The van der Waals surface area contributed by atoms with Gasteiger partial charge in [0.2, 0.25) is 15.9 Å². The fourth-order valence-electron chi connectivity index (χ4n) is 3.56. The Morgan fingerprint density at radius 2 is 1.78 bits per heavy atom. The fourth-order valence-corrected chi connectivity index (χ4v) is 4.90. The number of nitrogens with one attached hydrogen (secondary N) is 2. The molecule has 1 fully saturated rings. The molecule has 9 heteroatoms. The molecule has 32 heavy (non-hydrogen) atoms. The first-order valence-electron chi connectivity index (χ1n) is 10.7. The maximum atomic E-state index is 12.8. The molecule has 0 unspecified atom stereocenters. The largest absolute Gasteiger partial charge is 0.415 e. The molecule has 1 aliphatic heterocycles. The van der Waals surface area contributed by atoms with Crippen LogP contribution < -0.4 is 14.8 Å². The zero-order chi connectivity index (χ0) is 23.1. The van der Waals surface area contributed by atoms with Gasteiger partial charge in [0.15, 0.2) is 0 Å². The molecule has 0 radical (unpaired) electrons. The summed E-state index contributed by atoms with van der Waals surface area (Å²) in [6.07, 6.45) is 1.34. The van der Waals surface area contributed by atoms with Crippen molar-refractivity contribution in [2.45, 2.75) is 38.0 Å². The Balaban J connectivity index is 1.50. The van der Waals surface area contributed by atoms with E-state index < -0.39 is 10.0 Å². The van der Waals surface area contributed by atoms with Crippen LogP contribution in [-0.2, 0) is 14.8 Å². The van der Waals surface area contributed by atoms with Crippen molar-refractivity contribution in [1.29, 1.82) is 0 Å². The van der Waals surface area contributed by atoms with E-state index in [0.29, 0.717) is 55.9 Å². The first-order chi connectivity index (χ1) is 15.3. The Hall–Kier alpha value is -2.91. The lowest BCUT2D eigenvalue weighted by Crippen LogP contribution is -2.42. The minimum absolute atomic E-state index is 0.128. The predicted octanol–water partition coefficient (Wildman–Crippen LogP) is 3.53. The number of hydrogen-bond acceptors (Lipinski definition) is 5. The van der Waals surface area contributed by atoms with Gasteiger partial charge in [0, 0.05) is 31.7 Å². The number of likely N-dealkylation sites (tertiary alicyclic amines) is 1. The highest BCUT2D eigenvalue weighted by molar-refractivity contribution is 7.89. The molecule has 2 aromatic rings. The highest BCUT2D eigenvalue weighted by Crippen LogP contribution is 2.22. The van der Waals surface area contributed by atoms with Crippen LogP contribution >= 0.6 is 0 Å². The average Bonchev–Trinajstić information content (AvgIpc) is 2.78. The van der Waals surface area contributed by atoms with Crippen molar-refractivity contribution in [3.8, 4) is 5.75 Å². The van der Waals surface area contributed by atoms with Gasteiger partial charge in [-0.2, -0.15) is 0 Å². The van der Waals surface area contributed by atoms with Crippen LogP contribution in [0.1, 0.15) is 31.7 Å². The van der Waals surface area contributed by atoms with E-state index in [0.717, 1.165) is 0 Å². The Kier molecular flexibility index (Phi) is 7.87. The molecule has 0 spiro atoms. The molecule has 1 aliphatic rings. The molecule has 0 atom stereocenters. The maximum Gasteiger partial charge on any atom is 0.415 e. The highest BCUT2D eigenvalue weighted by Gasteiger charge is 2.26. The van der Waals surface area contributed by atoms with E-state index in [4.69, 9.17) is 4.74 Å². The van der Waals surface area contributed by atoms with Gasteiger partial charge in [0.1, 0.15) is 5.75 Å². The lowest BCUT2D eigenvalue weighted by molar-refractivity contribution is -0.115. The summed E-state index contributed by atoms with van der Waals surface area (Å²) in [5.74, 6) is 0.508. The van der Waals surface area contributed by atoms with E-state index in [1.54, 1.807) is 55.1 Å². The Morgan fingerprint density at radius 3 is 2.41 bits per heavy atom. The van der Waals surface area contributed by atoms with Crippen LogP contribution in [0.25, 0.3) is 0 Å². The third-order valence-corrected chi connectivity index (χ3v) is 7.04. The van der Waals surface area contributed by atoms with Gasteiger partial charge in [0.25, 0.3) is 0 Å². The van der Waals surface area contributed by atoms with Crippen LogP contribution in [0.2, 0.25) is 0 Å². The van der Waals surface area contributed by atoms with Gasteiger partial charge < -0.3 is 15.0 Å². The fraction of sp³-hybridized carbons (Fsp3) is 0.391. The molecule has 1 heterocycles. The number of para-hydroxylation sites is 1. The van der Waals surface area contributed by atoms with Crippen LogP contribution in [0.15, 0.2) is 53.4 Å². The van der Waals surface area contributed by atoms with E-state index in [2.05, 4.69) is 10.0 Å². The molecular weight excluding hydrogens is 430 g/mol. The van der Waals surface area contributed by atoms with Gasteiger partial charge >= 0.3 is 6.09 Å². The first kappa shape index (κ1) is 23.7. The quantitative estimate of drug-likeness (QED) is 0.659. The van der Waals surface area contributed by atoms with Crippen molar-refractivity contribution < 1.29 is 22.7 Å². The molecule has 3 rings (SSSR count). The second-order valence-electron chi connectivity index (χ2n) is 7.85. The van der Waals surface area contributed by atoms with Crippen LogP contribution in [0.3, 0.4) is 0 Å². The van der Waals surface area contributed by atoms with Gasteiger partial charge in [-0.15, -0.1) is 0 Å². The number of aryl methyl sites for hydroxylation is 1. The summed E-state index contributed by atoms with van der Waals surface area (Å²) < 4.78 is 33.6. The average molecular weight is 460 g/mol. The van der Waals surface area contributed by atoms with Crippen molar-refractivity contribution in [1.82, 2.24) is 9.62 Å². The standard InChI is InChI=1S/C23H29N3O5S/c1-3-22(27)25-19-9-10-21(17(2)15-19)32(29,30)24-16-18-11-13-26(14-12-18)23(28)31-20-7-5-4-6-8-20/h4-10,15,18,24H,3,11-14,16H2,1-2H3,(H,25,27). The summed E-state index contributed by atoms with van der Waals surface area (Å²) in [6.45, 7) is 4.79. The van der Waals surface area contributed by atoms with Gasteiger partial charge in [-0.05, 0) is 61.6 Å². The van der Waals surface area contributed by atoms with E-state index >= 15 is 0 Å². The number of rotatable bonds is 7. The van der Waals surface area contributed by atoms with Crippen LogP contribution in [-0.4, -0.2) is 45.0 Å². The number of benzene rings is 2. The predicted molar refractivity (Wildman–Crippen MR) is 122 cm³/mol. The number of carbonyl (C=O) groups excluding carboxylic acids is 2. The summed E-state index contributed by atoms with van der Waals surface area (Å²) in [4.78, 5) is 25.7. The Bertz CT molecular complexity index is 1050. The molecule has 0 bridgehead atoms. The summed E-state index contributed by atoms with van der Waals surface area (Å²) in [6, 6.07) is 13.7. The van der Waals surface area contributed by atoms with Gasteiger partial charge in [0.05, 0.1) is 4.90 Å². The number of nitrogens with zero attached hydrogens (tertiary/aromatic N) is 1. The summed E-state index contributed by atoms with van der Waals surface area (Å²) in [5.41, 5.74) is 1.13. The van der Waals surface area contributed by atoms with Crippen molar-refractivity contribution >= 4 is 27.7 Å². The maximum absolute atomic E-state index is 12.8. The van der Waals surface area contributed by atoms with Crippen molar-refractivity contribution in [2.75, 3.05) is 25.0 Å². The monoisotopic (exact) mass is 459 g/mol. The number of piperidine rings is 1. The van der Waals surface area contributed by atoms with E-state index in [1.165, 1.54) is 6.07 Å². The molecule has 2 amide bonds. The molecule has 0 aliphatic carbocycles. The Morgan fingerprint density at radius 1 is 1.09 bits per heavy atom. The third kappa shape index (κ3) is 6.30. The smallest absolute Gasteiger partial charge is 0.410 e. The lowest BCUT2D eigenvalue weighted by Gasteiger charge is -2.31. The van der Waals surface area contributed by atoms with Gasteiger partial charge in [-0.25, -0.2) is 17.9 Å². The zero-order valence-electron chi connectivity index (χ0n) is 18.3. The summed E-state index contributed by atoms with van der Waals surface area (Å²) >= 11 is 0. The number of amides is 2. The van der Waals surface area contributed by atoms with Crippen LogP contribution in [0.5, 0.6) is 5.75 Å². The van der Waals surface area contributed by atoms with Crippen LogP contribution in [0.4, 0.5) is 10.5 Å². The molecule has 172 valence electrons. The van der Waals surface area contributed by atoms with E-state index in [1.807, 2.05) is 6.07 Å². The molecular formula is C23H29N3O5S. The summed E-state index contributed by atoms with van der Waals surface area (Å²) in [5, 5.41) is 2.73. The van der Waals surface area contributed by atoms with E-state index in [9.17, 15) is 18.0 Å². The molecule has 2 aromatic carbocycles. The van der Waals surface area contributed by atoms with Crippen molar-refractivity contribution in [2.24, 2.45) is 5.92 Å². The van der Waals surface area contributed by atoms with Crippen molar-refractivity contribution in [3.05, 3.63) is 54.1 Å². The zero-order valence-corrected chi connectivity index (χ0v) is 19.2. The molecule has 0 saturated carbocycles. The molecule has 8 nitrogen and oxygen atoms in total. The molecule has 2 N–H and O–H groups in total. The number of sulfonamides is 1. The molecule has 0 aromatic heterocycles. The number of anilines is 1. The Labute approximate surface area is 189 Å². The second-order valence-corrected chi connectivity index (χ2v) is 9.58. The van der Waals surface area contributed by atoms with Crippen molar-refractivity contribution in [3.63, 3.8) is 0 Å². The van der Waals surface area contributed by atoms with Gasteiger partial charge in [-0.3, -0.25) is 4.79 Å². The topological polar surface area (TPSA) is 105 Å². The van der Waals surface area contributed by atoms with E-state index in [-0.39, 0.29) is 22.8 Å². The molecule has 1 saturated heterocycles. The summed E-state index contributed by atoms with van der Waals surface area (Å²) in [7, 11) is -3.68. The minimum atomic E-state index is -3.68. The second kappa shape index (κ2) is 10.6. The minimum Gasteiger partial charge on any atom is -0.410 e. The van der Waals surface area contributed by atoms with Crippen LogP contribution in [0, 0.1) is 12.8 Å². The number of hydrogen-bond donors (Lipinski definition) is 2. The number of ether oxygens (including phenoxy) is 1. The first-order valence-corrected chi connectivity index (χ1v) is 12.2. The third-order valence-electron chi connectivity index (χ3n) is 5.45. The lowest BCUT2D eigenvalue weighted by atomic mass is 9.97. The SMILES string of the molecule is CCC(=O)Nc1ccc(S(=O)(=O)NCC2CCN(C(=O)Oc3ccccc3)CC2)c(C)c1. The number of carbonyl (C=O) groups is 2. The normalized spacial score (nSPS) is 14.8. The van der Waals surface area contributed by atoms with Gasteiger partial charge in [-0.1, -0.05) is 25.1 Å².